The first-order valence-corrected chi connectivity index (χ1v) is 10.0. The van der Waals surface area contributed by atoms with Crippen molar-refractivity contribution in [3.8, 4) is 11.6 Å². The number of anilines is 1. The lowest BCUT2D eigenvalue weighted by molar-refractivity contribution is 0.366. The highest BCUT2D eigenvalue weighted by molar-refractivity contribution is 9.10. The Kier molecular flexibility index (Phi) is 6.91. The van der Waals surface area contributed by atoms with Crippen LogP contribution >= 0.6 is 15.9 Å². The third-order valence-electron chi connectivity index (χ3n) is 4.44. The van der Waals surface area contributed by atoms with Gasteiger partial charge in [-0.05, 0) is 40.5 Å². The second kappa shape index (κ2) is 9.59. The number of aromatic hydroxyl groups is 1. The van der Waals surface area contributed by atoms with Gasteiger partial charge in [0.15, 0.2) is 5.96 Å². The molecule has 9 heteroatoms. The molecule has 0 aliphatic carbocycles. The molecule has 1 aliphatic heterocycles. The average molecular weight is 449 g/mol. The van der Waals surface area contributed by atoms with Crippen molar-refractivity contribution < 1.29 is 9.84 Å². The Labute approximate surface area is 173 Å². The molecule has 1 aliphatic rings. The van der Waals surface area contributed by atoms with Gasteiger partial charge in [-0.1, -0.05) is 12.1 Å². The number of nitrogens with one attached hydrogen (secondary N) is 1. The molecule has 0 atom stereocenters. The first-order chi connectivity index (χ1) is 13.6. The predicted molar refractivity (Wildman–Crippen MR) is 113 cm³/mol. The number of aliphatic imine (C=N–C) groups is 1. The van der Waals surface area contributed by atoms with Crippen LogP contribution in [0.4, 0.5) is 5.95 Å². The number of hydrogen-bond acceptors (Lipinski definition) is 6. The minimum atomic E-state index is 0.266. The molecule has 0 amide bonds. The molecule has 3 rings (SSSR count). The number of ether oxygens (including phenoxy) is 1. The van der Waals surface area contributed by atoms with E-state index in [1.807, 2.05) is 12.1 Å². The van der Waals surface area contributed by atoms with Crippen LogP contribution in [0.5, 0.6) is 11.6 Å². The third kappa shape index (κ3) is 5.03. The molecule has 2 aromatic rings. The Morgan fingerprint density at radius 1 is 1.25 bits per heavy atom. The lowest BCUT2D eigenvalue weighted by atomic mass is 10.2. The highest BCUT2D eigenvalue weighted by Gasteiger charge is 2.22. The van der Waals surface area contributed by atoms with Crippen molar-refractivity contribution in [1.82, 2.24) is 20.2 Å². The number of phenols is 1. The number of nitrogens with zero attached hydrogens (tertiary/aromatic N) is 5. The van der Waals surface area contributed by atoms with Crippen LogP contribution in [-0.4, -0.2) is 65.8 Å². The minimum absolute atomic E-state index is 0.266. The topological polar surface area (TPSA) is 86.1 Å². The average Bonchev–Trinajstić information content (AvgIpc) is 2.73. The molecule has 1 fully saturated rings. The van der Waals surface area contributed by atoms with E-state index in [9.17, 15) is 5.11 Å². The van der Waals surface area contributed by atoms with E-state index in [1.165, 1.54) is 0 Å². The molecule has 0 saturated carbocycles. The lowest BCUT2D eigenvalue weighted by Crippen LogP contribution is -2.53. The highest BCUT2D eigenvalue weighted by Crippen LogP contribution is 2.24. The van der Waals surface area contributed by atoms with Crippen LogP contribution in [0, 0.1) is 0 Å². The Morgan fingerprint density at radius 3 is 2.61 bits per heavy atom. The summed E-state index contributed by atoms with van der Waals surface area (Å²) in [4.78, 5) is 18.0. The molecule has 8 nitrogen and oxygen atoms in total. The largest absolute Gasteiger partial charge is 0.508 e. The fourth-order valence-corrected chi connectivity index (χ4v) is 3.30. The summed E-state index contributed by atoms with van der Waals surface area (Å²) in [7, 11) is 1.60. The van der Waals surface area contributed by atoms with Crippen molar-refractivity contribution in [3.05, 3.63) is 40.5 Å². The molecule has 0 bridgehead atoms. The van der Waals surface area contributed by atoms with Gasteiger partial charge in [-0.3, -0.25) is 0 Å². The molecular weight excluding hydrogens is 424 g/mol. The molecule has 2 heterocycles. The fraction of sp³-hybridized carbons (Fsp3) is 0.421. The summed E-state index contributed by atoms with van der Waals surface area (Å²) < 4.78 is 6.01. The summed E-state index contributed by atoms with van der Waals surface area (Å²) in [6, 6.07) is 7.14. The van der Waals surface area contributed by atoms with Crippen molar-refractivity contribution in [3.63, 3.8) is 0 Å². The second-order valence-corrected chi connectivity index (χ2v) is 7.19. The van der Waals surface area contributed by atoms with Crippen LogP contribution in [-0.2, 0) is 6.54 Å². The Balaban J connectivity index is 1.63. The number of phenolic OH excluding ortho intramolecular Hbond substituents is 1. The van der Waals surface area contributed by atoms with Crippen molar-refractivity contribution in [2.75, 3.05) is 44.7 Å². The molecule has 1 saturated heterocycles. The normalized spacial score (nSPS) is 14.9. The molecule has 1 aromatic carbocycles. The maximum atomic E-state index is 9.41. The first-order valence-electron chi connectivity index (χ1n) is 9.23. The van der Waals surface area contributed by atoms with E-state index in [2.05, 4.69) is 47.9 Å². The van der Waals surface area contributed by atoms with Crippen molar-refractivity contribution in [1.29, 1.82) is 0 Å². The quantitative estimate of drug-likeness (QED) is 0.535. The summed E-state index contributed by atoms with van der Waals surface area (Å²) in [5, 5.41) is 12.8. The summed E-state index contributed by atoms with van der Waals surface area (Å²) in [5.74, 6) is 2.37. The lowest BCUT2D eigenvalue weighted by Gasteiger charge is -2.36. The maximum Gasteiger partial charge on any atom is 0.232 e. The number of rotatable bonds is 5. The van der Waals surface area contributed by atoms with E-state index in [1.54, 1.807) is 25.4 Å². The molecule has 0 spiro atoms. The van der Waals surface area contributed by atoms with Gasteiger partial charge in [0.05, 0.1) is 24.3 Å². The van der Waals surface area contributed by atoms with Crippen LogP contribution in [0.3, 0.4) is 0 Å². The van der Waals surface area contributed by atoms with Gasteiger partial charge in [0.2, 0.25) is 11.8 Å². The number of methoxy groups -OCH3 is 1. The Bertz CT molecular complexity index is 807. The summed E-state index contributed by atoms with van der Waals surface area (Å²) in [6.07, 6.45) is 1.72. The minimum Gasteiger partial charge on any atom is -0.508 e. The molecule has 2 N–H and O–H groups in total. The van der Waals surface area contributed by atoms with Gasteiger partial charge in [0.1, 0.15) is 5.75 Å². The van der Waals surface area contributed by atoms with E-state index >= 15 is 0 Å². The van der Waals surface area contributed by atoms with Gasteiger partial charge in [-0.2, -0.15) is 4.98 Å². The zero-order chi connectivity index (χ0) is 19.9. The molecule has 1 aromatic heterocycles. The van der Waals surface area contributed by atoms with Crippen LogP contribution < -0.4 is 15.0 Å². The maximum absolute atomic E-state index is 9.41. The van der Waals surface area contributed by atoms with Crippen molar-refractivity contribution >= 4 is 27.8 Å². The monoisotopic (exact) mass is 448 g/mol. The van der Waals surface area contributed by atoms with Gasteiger partial charge >= 0.3 is 0 Å². The van der Waals surface area contributed by atoms with Gasteiger partial charge in [0, 0.05) is 32.7 Å². The number of guanidine groups is 1. The van der Waals surface area contributed by atoms with E-state index in [4.69, 9.17) is 9.73 Å². The third-order valence-corrected chi connectivity index (χ3v) is 4.98. The summed E-state index contributed by atoms with van der Waals surface area (Å²) in [5.41, 5.74) is 1.06. The Hall–Kier alpha value is -2.55. The smallest absolute Gasteiger partial charge is 0.232 e. The van der Waals surface area contributed by atoms with Crippen LogP contribution in [0.1, 0.15) is 12.5 Å². The van der Waals surface area contributed by atoms with Gasteiger partial charge < -0.3 is 25.0 Å². The van der Waals surface area contributed by atoms with E-state index in [0.717, 1.165) is 48.7 Å². The number of halogens is 1. The van der Waals surface area contributed by atoms with Crippen molar-refractivity contribution in [2.24, 2.45) is 4.99 Å². The van der Waals surface area contributed by atoms with Gasteiger partial charge in [-0.15, -0.1) is 0 Å². The zero-order valence-corrected chi connectivity index (χ0v) is 17.7. The predicted octanol–water partition coefficient (Wildman–Crippen LogP) is 2.24. The molecule has 0 unspecified atom stereocenters. The number of piperazine rings is 1. The fourth-order valence-electron chi connectivity index (χ4n) is 2.95. The van der Waals surface area contributed by atoms with Gasteiger partial charge in [0.25, 0.3) is 0 Å². The zero-order valence-electron chi connectivity index (χ0n) is 16.1. The van der Waals surface area contributed by atoms with E-state index in [0.29, 0.717) is 18.4 Å². The number of hydrogen-bond donors (Lipinski definition) is 2. The standard InChI is InChI=1S/C19H25BrN6O2/c1-3-21-18(22-12-14-4-6-15(27)7-5-14)25-8-10-26(11-9-25)19-23-13-16(20)17(24-19)28-2/h4-7,13,27H,3,8-12H2,1-2H3,(H,21,22). The van der Waals surface area contributed by atoms with Gasteiger partial charge in [-0.25, -0.2) is 9.98 Å². The number of aromatic nitrogens is 2. The van der Waals surface area contributed by atoms with E-state index < -0.39 is 0 Å². The molecule has 28 heavy (non-hydrogen) atoms. The van der Waals surface area contributed by atoms with Crippen LogP contribution in [0.15, 0.2) is 39.9 Å². The first kappa shape index (κ1) is 20.2. The van der Waals surface area contributed by atoms with E-state index in [-0.39, 0.29) is 5.75 Å². The van der Waals surface area contributed by atoms with Crippen LogP contribution in [0.2, 0.25) is 0 Å². The highest BCUT2D eigenvalue weighted by atomic mass is 79.9. The molecule has 150 valence electrons. The van der Waals surface area contributed by atoms with Crippen LogP contribution in [0.25, 0.3) is 0 Å². The van der Waals surface area contributed by atoms with Crippen molar-refractivity contribution in [2.45, 2.75) is 13.5 Å². The number of benzene rings is 1. The Morgan fingerprint density at radius 2 is 1.96 bits per heavy atom. The second-order valence-electron chi connectivity index (χ2n) is 6.34. The summed E-state index contributed by atoms with van der Waals surface area (Å²) >= 11 is 3.39. The SMILES string of the molecule is CCNC(=NCc1ccc(O)cc1)N1CCN(c2ncc(Br)c(OC)n2)CC1. The summed E-state index contributed by atoms with van der Waals surface area (Å²) in [6.45, 7) is 6.68. The molecule has 0 radical (unpaired) electrons. The molecular formula is C19H25BrN6O2.